The van der Waals surface area contributed by atoms with E-state index in [9.17, 15) is 4.79 Å². The molecule has 0 saturated carbocycles. The van der Waals surface area contributed by atoms with E-state index in [4.69, 9.17) is 0 Å². The molecule has 0 aromatic carbocycles. The molecule has 0 unspecified atom stereocenters. The number of hydrogen-bond donors (Lipinski definition) is 0. The summed E-state index contributed by atoms with van der Waals surface area (Å²) >= 11 is 0. The molecule has 0 atom stereocenters. The minimum absolute atomic E-state index is 0.130. The third-order valence-electron chi connectivity index (χ3n) is 2.49. The summed E-state index contributed by atoms with van der Waals surface area (Å²) in [5, 5.41) is 4.10. The van der Waals surface area contributed by atoms with Gasteiger partial charge in [0.1, 0.15) is 0 Å². The van der Waals surface area contributed by atoms with Gasteiger partial charge in [-0.15, -0.1) is 0 Å². The minimum Gasteiger partial charge on any atom is -0.253 e. The summed E-state index contributed by atoms with van der Waals surface area (Å²) in [6, 6.07) is 3.96. The maximum absolute atomic E-state index is 11.8. The van der Waals surface area contributed by atoms with Crippen LogP contribution in [0.15, 0.2) is 16.9 Å². The van der Waals surface area contributed by atoms with Crippen molar-refractivity contribution in [1.29, 1.82) is 0 Å². The van der Waals surface area contributed by atoms with E-state index < -0.39 is 0 Å². The topological polar surface area (TPSA) is 44.8 Å². The van der Waals surface area contributed by atoms with Crippen molar-refractivity contribution in [3.63, 3.8) is 0 Å². The zero-order chi connectivity index (χ0) is 11.2. The lowest BCUT2D eigenvalue weighted by atomic mass is 10.5. The van der Waals surface area contributed by atoms with Gasteiger partial charge in [0, 0.05) is 18.4 Å². The van der Waals surface area contributed by atoms with Gasteiger partial charge in [0.25, 0.3) is 0 Å². The molecule has 2 rings (SSSR count). The first kappa shape index (κ1) is 9.76. The molecule has 0 aliphatic heterocycles. The highest BCUT2D eigenvalue weighted by atomic mass is 16.2. The molecule has 0 spiro atoms. The summed E-state index contributed by atoms with van der Waals surface area (Å²) in [7, 11) is 1.65. The van der Waals surface area contributed by atoms with Crippen LogP contribution in [-0.4, -0.2) is 19.1 Å². The van der Waals surface area contributed by atoms with E-state index in [2.05, 4.69) is 5.10 Å². The summed E-state index contributed by atoms with van der Waals surface area (Å²) in [5.41, 5.74) is 1.91. The summed E-state index contributed by atoms with van der Waals surface area (Å²) in [5.74, 6) is 0.685. The van der Waals surface area contributed by atoms with Crippen LogP contribution in [0.25, 0.3) is 0 Å². The Morgan fingerprint density at radius 1 is 1.07 bits per heavy atom. The average molecular weight is 206 g/mol. The van der Waals surface area contributed by atoms with Crippen LogP contribution in [0.2, 0.25) is 0 Å². The Bertz CT molecular complexity index is 539. The van der Waals surface area contributed by atoms with Crippen molar-refractivity contribution in [3.05, 3.63) is 39.8 Å². The van der Waals surface area contributed by atoms with Gasteiger partial charge >= 0.3 is 5.69 Å². The second kappa shape index (κ2) is 3.12. The number of nitrogens with zero attached hydrogens (tertiary/aromatic N) is 4. The normalized spacial score (nSPS) is 10.9. The molecule has 5 heteroatoms. The van der Waals surface area contributed by atoms with Crippen LogP contribution in [0, 0.1) is 20.8 Å². The quantitative estimate of drug-likeness (QED) is 0.686. The molecule has 0 N–H and O–H groups in total. The van der Waals surface area contributed by atoms with Crippen molar-refractivity contribution in [2.24, 2.45) is 7.05 Å². The van der Waals surface area contributed by atoms with Crippen LogP contribution in [0.4, 0.5) is 0 Å². The molecule has 0 aliphatic carbocycles. The Labute approximate surface area is 87.5 Å². The zero-order valence-corrected chi connectivity index (χ0v) is 9.35. The summed E-state index contributed by atoms with van der Waals surface area (Å²) in [6.07, 6.45) is 0. The second-order valence-corrected chi connectivity index (χ2v) is 3.69. The molecule has 2 aromatic heterocycles. The molecule has 2 aromatic rings. The average Bonchev–Trinajstić information content (AvgIpc) is 2.59. The van der Waals surface area contributed by atoms with Crippen molar-refractivity contribution < 1.29 is 0 Å². The van der Waals surface area contributed by atoms with Gasteiger partial charge in [0.15, 0.2) is 5.82 Å². The van der Waals surface area contributed by atoms with E-state index in [0.29, 0.717) is 5.82 Å². The van der Waals surface area contributed by atoms with E-state index in [1.54, 1.807) is 11.7 Å². The Morgan fingerprint density at radius 3 is 2.00 bits per heavy atom. The van der Waals surface area contributed by atoms with Crippen LogP contribution < -0.4 is 5.69 Å². The van der Waals surface area contributed by atoms with Crippen LogP contribution in [0.5, 0.6) is 0 Å². The molecular weight excluding hydrogens is 192 g/mol. The van der Waals surface area contributed by atoms with Crippen molar-refractivity contribution in [2.45, 2.75) is 20.8 Å². The largest absolute Gasteiger partial charge is 0.365 e. The SMILES string of the molecule is Cc1ccc(C)n1-n1c(C)nn(C)c1=O. The molecule has 0 saturated heterocycles. The van der Waals surface area contributed by atoms with Crippen molar-refractivity contribution in [3.8, 4) is 0 Å². The Hall–Kier alpha value is -1.78. The lowest BCUT2D eigenvalue weighted by Gasteiger charge is -2.09. The first-order valence-electron chi connectivity index (χ1n) is 4.80. The highest BCUT2D eigenvalue weighted by Gasteiger charge is 2.11. The third kappa shape index (κ3) is 1.31. The van der Waals surface area contributed by atoms with Crippen LogP contribution in [0.1, 0.15) is 17.2 Å². The predicted molar refractivity (Wildman–Crippen MR) is 56.9 cm³/mol. The standard InChI is InChI=1S/C10H14N4O/c1-7-5-6-8(2)13(7)14-9(3)11-12(4)10(14)15/h5-6H,1-4H3. The van der Waals surface area contributed by atoms with E-state index in [0.717, 1.165) is 11.4 Å². The van der Waals surface area contributed by atoms with Crippen LogP contribution in [0.3, 0.4) is 0 Å². The molecule has 0 bridgehead atoms. The Balaban J connectivity index is 2.80. The molecule has 2 heterocycles. The number of hydrogen-bond acceptors (Lipinski definition) is 2. The fourth-order valence-electron chi connectivity index (χ4n) is 1.78. The first-order chi connectivity index (χ1) is 7.02. The second-order valence-electron chi connectivity index (χ2n) is 3.69. The molecule has 0 amide bonds. The van der Waals surface area contributed by atoms with E-state index in [-0.39, 0.29) is 5.69 Å². The predicted octanol–water partition coefficient (Wildman–Crippen LogP) is 0.620. The molecule has 5 nitrogen and oxygen atoms in total. The van der Waals surface area contributed by atoms with Gasteiger partial charge in [0.05, 0.1) is 0 Å². The number of rotatable bonds is 1. The number of aromatic nitrogens is 4. The zero-order valence-electron chi connectivity index (χ0n) is 9.35. The first-order valence-corrected chi connectivity index (χ1v) is 4.80. The summed E-state index contributed by atoms with van der Waals surface area (Å²) in [6.45, 7) is 5.75. The monoisotopic (exact) mass is 206 g/mol. The van der Waals surface area contributed by atoms with Crippen molar-refractivity contribution in [2.75, 3.05) is 0 Å². The Kier molecular flexibility index (Phi) is 2.03. The van der Waals surface area contributed by atoms with Crippen molar-refractivity contribution >= 4 is 0 Å². The summed E-state index contributed by atoms with van der Waals surface area (Å²) < 4.78 is 4.78. The maximum atomic E-state index is 11.8. The third-order valence-corrected chi connectivity index (χ3v) is 2.49. The van der Waals surface area contributed by atoms with Crippen molar-refractivity contribution in [1.82, 2.24) is 19.1 Å². The van der Waals surface area contributed by atoms with Gasteiger partial charge in [-0.05, 0) is 32.9 Å². The van der Waals surface area contributed by atoms with Gasteiger partial charge < -0.3 is 0 Å². The van der Waals surface area contributed by atoms with Gasteiger partial charge in [0.2, 0.25) is 0 Å². The molecular formula is C10H14N4O. The van der Waals surface area contributed by atoms with Crippen LogP contribution in [-0.2, 0) is 7.05 Å². The lowest BCUT2D eigenvalue weighted by Crippen LogP contribution is -2.29. The minimum atomic E-state index is -0.130. The molecule has 0 fully saturated rings. The Morgan fingerprint density at radius 2 is 1.60 bits per heavy atom. The van der Waals surface area contributed by atoms with Gasteiger partial charge in [-0.2, -0.15) is 9.77 Å². The fraction of sp³-hybridized carbons (Fsp3) is 0.400. The summed E-state index contributed by atoms with van der Waals surface area (Å²) in [4.78, 5) is 11.8. The van der Waals surface area contributed by atoms with Crippen LogP contribution >= 0.6 is 0 Å². The molecule has 15 heavy (non-hydrogen) atoms. The van der Waals surface area contributed by atoms with Gasteiger partial charge in [-0.3, -0.25) is 4.68 Å². The molecule has 0 aliphatic rings. The lowest BCUT2D eigenvalue weighted by molar-refractivity contribution is 0.574. The van der Waals surface area contributed by atoms with E-state index >= 15 is 0 Å². The fourth-order valence-corrected chi connectivity index (χ4v) is 1.78. The smallest absolute Gasteiger partial charge is 0.253 e. The van der Waals surface area contributed by atoms with E-state index in [1.807, 2.05) is 37.6 Å². The highest BCUT2D eigenvalue weighted by Crippen LogP contribution is 2.07. The van der Waals surface area contributed by atoms with Gasteiger partial charge in [-0.1, -0.05) is 0 Å². The maximum Gasteiger partial charge on any atom is 0.365 e. The molecule has 0 radical (unpaired) electrons. The number of aryl methyl sites for hydroxylation is 4. The highest BCUT2D eigenvalue weighted by molar-refractivity contribution is 5.14. The molecule has 80 valence electrons. The van der Waals surface area contributed by atoms with E-state index in [1.165, 1.54) is 4.68 Å². The van der Waals surface area contributed by atoms with Gasteiger partial charge in [-0.25, -0.2) is 9.48 Å².